The van der Waals surface area contributed by atoms with Gasteiger partial charge in [0, 0.05) is 22.9 Å². The number of carbonyl (C=O) groups excluding carboxylic acids is 2. The predicted octanol–water partition coefficient (Wildman–Crippen LogP) is 7.10. The maximum Gasteiger partial charge on any atom is 0.235 e. The molecule has 10 heteroatoms. The SMILES string of the molecule is CC(C)CCC(CCC(C)C)(C(=O)NCc1ccc(CN=[N+]=[N-])cc1)C(=O)NCc1ccc(CN=[N+]=[N-])cc1. The molecule has 0 unspecified atom stereocenters. The molecule has 208 valence electrons. The molecule has 2 N–H and O–H groups in total. The first-order chi connectivity index (χ1) is 18.7. The summed E-state index contributed by atoms with van der Waals surface area (Å²) in [4.78, 5) is 33.2. The van der Waals surface area contributed by atoms with Gasteiger partial charge in [0.05, 0.1) is 13.1 Å². The Balaban J connectivity index is 2.21. The Morgan fingerprint density at radius 1 is 0.692 bits per heavy atom. The summed E-state index contributed by atoms with van der Waals surface area (Å²) < 4.78 is 0. The monoisotopic (exact) mass is 532 g/mol. The van der Waals surface area contributed by atoms with Crippen molar-refractivity contribution in [1.82, 2.24) is 10.6 Å². The average Bonchev–Trinajstić information content (AvgIpc) is 2.93. The zero-order valence-corrected chi connectivity index (χ0v) is 23.4. The van der Waals surface area contributed by atoms with Crippen LogP contribution in [-0.4, -0.2) is 11.8 Å². The smallest absolute Gasteiger partial charge is 0.235 e. The summed E-state index contributed by atoms with van der Waals surface area (Å²) in [7, 11) is 0. The molecule has 0 radical (unpaired) electrons. The van der Waals surface area contributed by atoms with Crippen LogP contribution >= 0.6 is 0 Å². The van der Waals surface area contributed by atoms with Crippen molar-refractivity contribution < 1.29 is 9.59 Å². The number of amides is 2. The molecule has 0 atom stereocenters. The normalized spacial score (nSPS) is 11.0. The van der Waals surface area contributed by atoms with Gasteiger partial charge < -0.3 is 10.6 Å². The summed E-state index contributed by atoms with van der Waals surface area (Å²) in [5.74, 6) is 0.167. The van der Waals surface area contributed by atoms with Crippen LogP contribution in [0.3, 0.4) is 0 Å². The lowest BCUT2D eigenvalue weighted by Crippen LogP contribution is -2.51. The summed E-state index contributed by atoms with van der Waals surface area (Å²) in [6.45, 7) is 9.52. The zero-order chi connectivity index (χ0) is 28.7. The van der Waals surface area contributed by atoms with E-state index in [9.17, 15) is 9.59 Å². The second-order valence-corrected chi connectivity index (χ2v) is 10.7. The minimum Gasteiger partial charge on any atom is -0.351 e. The van der Waals surface area contributed by atoms with Gasteiger partial charge in [-0.15, -0.1) is 0 Å². The minimum atomic E-state index is -1.18. The van der Waals surface area contributed by atoms with Gasteiger partial charge in [-0.1, -0.05) is 86.5 Å². The van der Waals surface area contributed by atoms with E-state index in [1.54, 1.807) is 0 Å². The first-order valence-corrected chi connectivity index (χ1v) is 13.4. The van der Waals surface area contributed by atoms with Crippen molar-refractivity contribution in [2.75, 3.05) is 0 Å². The Kier molecular flexibility index (Phi) is 12.9. The molecular weight excluding hydrogens is 492 g/mol. The van der Waals surface area contributed by atoms with Crippen LogP contribution in [0.1, 0.15) is 75.6 Å². The van der Waals surface area contributed by atoms with Gasteiger partial charge >= 0.3 is 0 Å². The third-order valence-electron chi connectivity index (χ3n) is 6.75. The van der Waals surface area contributed by atoms with Gasteiger partial charge in [0.25, 0.3) is 0 Å². The maximum absolute atomic E-state index is 13.8. The van der Waals surface area contributed by atoms with Gasteiger partial charge in [0.2, 0.25) is 11.8 Å². The number of nitrogens with zero attached hydrogens (tertiary/aromatic N) is 6. The number of azide groups is 2. The highest BCUT2D eigenvalue weighted by Gasteiger charge is 2.44. The van der Waals surface area contributed by atoms with Crippen molar-refractivity contribution in [2.45, 2.75) is 79.6 Å². The van der Waals surface area contributed by atoms with E-state index < -0.39 is 5.41 Å². The molecule has 0 bridgehead atoms. The van der Waals surface area contributed by atoms with Crippen LogP contribution in [0.25, 0.3) is 20.9 Å². The second-order valence-electron chi connectivity index (χ2n) is 10.7. The molecule has 10 nitrogen and oxygen atoms in total. The molecule has 2 aromatic rings. The quantitative estimate of drug-likeness (QED) is 0.102. The van der Waals surface area contributed by atoms with Crippen LogP contribution in [0, 0.1) is 17.3 Å². The van der Waals surface area contributed by atoms with Crippen molar-refractivity contribution in [3.63, 3.8) is 0 Å². The lowest BCUT2D eigenvalue weighted by Gasteiger charge is -2.33. The number of hydrogen-bond acceptors (Lipinski definition) is 4. The van der Waals surface area contributed by atoms with Crippen molar-refractivity contribution in [2.24, 2.45) is 27.5 Å². The predicted molar refractivity (Wildman–Crippen MR) is 153 cm³/mol. The lowest BCUT2D eigenvalue weighted by atomic mass is 9.74. The molecule has 2 amide bonds. The molecule has 2 rings (SSSR count). The third-order valence-corrected chi connectivity index (χ3v) is 6.75. The highest BCUT2D eigenvalue weighted by Crippen LogP contribution is 2.34. The van der Waals surface area contributed by atoms with Crippen molar-refractivity contribution in [3.05, 3.63) is 91.7 Å². The standard InChI is InChI=1S/C29H40N8O2/c1-21(2)13-15-29(16-14-22(3)4,27(38)32-17-23-5-9-25(10-6-23)19-34-36-30)28(39)33-18-24-7-11-26(12-8-24)20-35-37-31/h5-12,21-22H,13-20H2,1-4H3,(H,32,38)(H,33,39). The first kappa shape index (κ1) is 31.2. The highest BCUT2D eigenvalue weighted by molar-refractivity contribution is 6.05. The van der Waals surface area contributed by atoms with Crippen LogP contribution in [-0.2, 0) is 35.8 Å². The fourth-order valence-corrected chi connectivity index (χ4v) is 4.21. The molecule has 0 aliphatic carbocycles. The summed E-state index contributed by atoms with van der Waals surface area (Å²) in [5, 5.41) is 13.2. The van der Waals surface area contributed by atoms with Crippen LogP contribution in [0.5, 0.6) is 0 Å². The number of rotatable bonds is 16. The summed E-state index contributed by atoms with van der Waals surface area (Å²) >= 11 is 0. The van der Waals surface area contributed by atoms with Crippen LogP contribution < -0.4 is 10.6 Å². The minimum absolute atomic E-state index is 0.260. The van der Waals surface area contributed by atoms with Crippen LogP contribution in [0.4, 0.5) is 0 Å². The van der Waals surface area contributed by atoms with Crippen molar-refractivity contribution >= 4 is 11.8 Å². The second kappa shape index (κ2) is 16.1. The van der Waals surface area contributed by atoms with Crippen LogP contribution in [0.2, 0.25) is 0 Å². The topological polar surface area (TPSA) is 156 Å². The Morgan fingerprint density at radius 2 is 1.03 bits per heavy atom. The van der Waals surface area contributed by atoms with E-state index in [1.165, 1.54) is 0 Å². The highest BCUT2D eigenvalue weighted by atomic mass is 16.2. The molecule has 0 fully saturated rings. The van der Waals surface area contributed by atoms with Gasteiger partial charge in [-0.2, -0.15) is 0 Å². The van der Waals surface area contributed by atoms with E-state index in [2.05, 4.69) is 58.4 Å². The van der Waals surface area contributed by atoms with E-state index in [0.717, 1.165) is 35.1 Å². The molecule has 0 heterocycles. The molecule has 0 saturated carbocycles. The molecule has 2 aromatic carbocycles. The Bertz CT molecular complexity index is 1070. The van der Waals surface area contributed by atoms with Gasteiger partial charge in [-0.05, 0) is 70.8 Å². The maximum atomic E-state index is 13.8. The molecule has 0 aliphatic heterocycles. The van der Waals surface area contributed by atoms with E-state index in [-0.39, 0.29) is 24.9 Å². The van der Waals surface area contributed by atoms with Gasteiger partial charge in [0.15, 0.2) is 0 Å². The Labute approximate surface area is 230 Å². The van der Waals surface area contributed by atoms with E-state index in [4.69, 9.17) is 11.1 Å². The summed E-state index contributed by atoms with van der Waals surface area (Å²) in [5.41, 5.74) is 19.4. The van der Waals surface area contributed by atoms with E-state index in [1.807, 2.05) is 48.5 Å². The number of nitrogens with one attached hydrogen (secondary N) is 2. The molecular formula is C29H40N8O2. The van der Waals surface area contributed by atoms with Crippen LogP contribution in [0.15, 0.2) is 58.8 Å². The van der Waals surface area contributed by atoms with Gasteiger partial charge in [0.1, 0.15) is 5.41 Å². The first-order valence-electron chi connectivity index (χ1n) is 13.4. The lowest BCUT2D eigenvalue weighted by molar-refractivity contribution is -0.145. The summed E-state index contributed by atoms with van der Waals surface area (Å²) in [6.07, 6.45) is 2.43. The number of carbonyl (C=O) groups is 2. The zero-order valence-electron chi connectivity index (χ0n) is 23.4. The molecule has 39 heavy (non-hydrogen) atoms. The Hall–Kier alpha value is -4.00. The van der Waals surface area contributed by atoms with Gasteiger partial charge in [-0.3, -0.25) is 9.59 Å². The summed E-state index contributed by atoms with van der Waals surface area (Å²) in [6, 6.07) is 15.0. The molecule has 0 aromatic heterocycles. The van der Waals surface area contributed by atoms with E-state index >= 15 is 0 Å². The largest absolute Gasteiger partial charge is 0.351 e. The Morgan fingerprint density at radius 3 is 1.33 bits per heavy atom. The fourth-order valence-electron chi connectivity index (χ4n) is 4.21. The third kappa shape index (κ3) is 10.3. The van der Waals surface area contributed by atoms with Crippen molar-refractivity contribution in [3.8, 4) is 0 Å². The molecule has 0 aliphatic rings. The molecule has 0 saturated heterocycles. The average molecular weight is 533 g/mol. The van der Waals surface area contributed by atoms with E-state index in [0.29, 0.717) is 37.8 Å². The fraction of sp³-hybridized carbons (Fsp3) is 0.517. The van der Waals surface area contributed by atoms with Gasteiger partial charge in [-0.25, -0.2) is 0 Å². The number of hydrogen-bond donors (Lipinski definition) is 2. The number of benzene rings is 2. The van der Waals surface area contributed by atoms with Crippen molar-refractivity contribution in [1.29, 1.82) is 0 Å². The molecule has 0 spiro atoms.